The molecule has 0 amide bonds. The van der Waals surface area contributed by atoms with E-state index in [1.165, 1.54) is 0 Å². The van der Waals surface area contributed by atoms with Gasteiger partial charge in [-0.2, -0.15) is 4.98 Å². The first-order valence-corrected chi connectivity index (χ1v) is 7.27. The number of ether oxygens (including phenoxy) is 2. The highest BCUT2D eigenvalue weighted by Gasteiger charge is 2.14. The number of hydrogen-bond donors (Lipinski definition) is 1. The Bertz CT molecular complexity index is 613. The number of aliphatic hydroxyl groups excluding tert-OH is 1. The first-order chi connectivity index (χ1) is 10.0. The van der Waals surface area contributed by atoms with Crippen LogP contribution < -0.4 is 9.47 Å². The quantitative estimate of drug-likeness (QED) is 0.856. The molecule has 0 aliphatic heterocycles. The van der Waals surface area contributed by atoms with Gasteiger partial charge in [0.1, 0.15) is 0 Å². The minimum absolute atomic E-state index is 0.0716. The van der Waals surface area contributed by atoms with Gasteiger partial charge in [0.25, 0.3) is 0 Å². The van der Waals surface area contributed by atoms with Crippen molar-refractivity contribution in [3.05, 3.63) is 33.9 Å². The Morgan fingerprint density at radius 1 is 1.38 bits per heavy atom. The van der Waals surface area contributed by atoms with E-state index in [1.54, 1.807) is 19.2 Å². The first kappa shape index (κ1) is 15.8. The van der Waals surface area contributed by atoms with E-state index in [9.17, 15) is 5.11 Å². The van der Waals surface area contributed by atoms with Gasteiger partial charge in [0.05, 0.1) is 18.2 Å². The summed E-state index contributed by atoms with van der Waals surface area (Å²) in [5.41, 5.74) is 0.729. The molecule has 21 heavy (non-hydrogen) atoms. The molecule has 1 heterocycles. The summed E-state index contributed by atoms with van der Waals surface area (Å²) in [6.07, 6.45) is 0. The normalized spacial score (nSPS) is 11.0. The highest BCUT2D eigenvalue weighted by atomic mass is 79.9. The lowest BCUT2D eigenvalue weighted by Crippen LogP contribution is -2.01. The smallest absolute Gasteiger partial charge is 0.229 e. The molecule has 0 aliphatic rings. The number of halogens is 1. The Morgan fingerprint density at radius 3 is 2.71 bits per heavy atom. The van der Waals surface area contributed by atoms with Crippen molar-refractivity contribution >= 4 is 15.9 Å². The van der Waals surface area contributed by atoms with Crippen molar-refractivity contribution in [1.82, 2.24) is 10.1 Å². The minimum atomic E-state index is -0.0716. The van der Waals surface area contributed by atoms with Crippen LogP contribution in [0.3, 0.4) is 0 Å². The lowest BCUT2D eigenvalue weighted by Gasteiger charge is -2.12. The second kappa shape index (κ2) is 6.91. The van der Waals surface area contributed by atoms with Crippen LogP contribution in [0.5, 0.6) is 11.5 Å². The van der Waals surface area contributed by atoms with E-state index in [-0.39, 0.29) is 19.1 Å². The van der Waals surface area contributed by atoms with Crippen LogP contribution in [0, 0.1) is 0 Å². The standard InChI is InChI=1S/C14H17BrN2O4/c1-8(2)14-16-12(17-21-14)7-20-13-10(15)4-9(6-18)5-11(13)19-3/h4-5,8,18H,6-7H2,1-3H3. The van der Waals surface area contributed by atoms with Crippen LogP contribution in [0.25, 0.3) is 0 Å². The molecule has 0 unspecified atom stereocenters. The molecular formula is C14H17BrN2O4. The van der Waals surface area contributed by atoms with Gasteiger partial charge in [0.2, 0.25) is 11.7 Å². The van der Waals surface area contributed by atoms with E-state index >= 15 is 0 Å². The monoisotopic (exact) mass is 356 g/mol. The lowest BCUT2D eigenvalue weighted by molar-refractivity contribution is 0.263. The number of rotatable bonds is 6. The molecule has 0 saturated heterocycles. The van der Waals surface area contributed by atoms with Crippen LogP contribution in [-0.2, 0) is 13.2 Å². The summed E-state index contributed by atoms with van der Waals surface area (Å²) < 4.78 is 16.8. The summed E-state index contributed by atoms with van der Waals surface area (Å²) in [5, 5.41) is 13.1. The molecule has 0 saturated carbocycles. The van der Waals surface area contributed by atoms with E-state index in [2.05, 4.69) is 26.1 Å². The molecule has 0 spiro atoms. The highest BCUT2D eigenvalue weighted by Crippen LogP contribution is 2.37. The summed E-state index contributed by atoms with van der Waals surface area (Å²) >= 11 is 3.40. The number of methoxy groups -OCH3 is 1. The molecule has 6 nitrogen and oxygen atoms in total. The molecule has 1 N–H and O–H groups in total. The van der Waals surface area contributed by atoms with Gasteiger partial charge in [-0.15, -0.1) is 0 Å². The highest BCUT2D eigenvalue weighted by molar-refractivity contribution is 9.10. The van der Waals surface area contributed by atoms with Crippen molar-refractivity contribution in [1.29, 1.82) is 0 Å². The predicted molar refractivity (Wildman–Crippen MR) is 79.3 cm³/mol. The second-order valence-electron chi connectivity index (χ2n) is 4.76. The molecule has 0 aliphatic carbocycles. The van der Waals surface area contributed by atoms with E-state index < -0.39 is 0 Å². The third-order valence-corrected chi connectivity index (χ3v) is 3.38. The zero-order valence-corrected chi connectivity index (χ0v) is 13.7. The second-order valence-corrected chi connectivity index (χ2v) is 5.61. The molecule has 0 fully saturated rings. The van der Waals surface area contributed by atoms with Gasteiger partial charge in [-0.05, 0) is 33.6 Å². The number of aliphatic hydroxyl groups is 1. The average Bonchev–Trinajstić information content (AvgIpc) is 2.94. The summed E-state index contributed by atoms with van der Waals surface area (Å²) in [6, 6.07) is 3.49. The van der Waals surface area contributed by atoms with Gasteiger partial charge >= 0.3 is 0 Å². The van der Waals surface area contributed by atoms with E-state index in [1.807, 2.05) is 13.8 Å². The molecule has 2 rings (SSSR count). The van der Waals surface area contributed by atoms with E-state index in [4.69, 9.17) is 14.0 Å². The summed E-state index contributed by atoms with van der Waals surface area (Å²) in [6.45, 7) is 4.05. The predicted octanol–water partition coefficient (Wildman–Crippen LogP) is 3.04. The van der Waals surface area contributed by atoms with Crippen LogP contribution in [0.1, 0.15) is 37.0 Å². The molecule has 1 aromatic heterocycles. The van der Waals surface area contributed by atoms with Crippen molar-refractivity contribution in [2.75, 3.05) is 7.11 Å². The molecular weight excluding hydrogens is 340 g/mol. The van der Waals surface area contributed by atoms with Gasteiger partial charge in [0, 0.05) is 5.92 Å². The van der Waals surface area contributed by atoms with Crippen LogP contribution in [0.15, 0.2) is 21.1 Å². The Balaban J connectivity index is 2.15. The third kappa shape index (κ3) is 3.74. The number of hydrogen-bond acceptors (Lipinski definition) is 6. The molecule has 0 radical (unpaired) electrons. The Kier molecular flexibility index (Phi) is 5.19. The van der Waals surface area contributed by atoms with Gasteiger partial charge < -0.3 is 19.1 Å². The van der Waals surface area contributed by atoms with Crippen LogP contribution in [0.2, 0.25) is 0 Å². The van der Waals surface area contributed by atoms with Gasteiger partial charge in [-0.3, -0.25) is 0 Å². The maximum absolute atomic E-state index is 9.19. The molecule has 0 atom stereocenters. The Morgan fingerprint density at radius 2 is 2.14 bits per heavy atom. The minimum Gasteiger partial charge on any atom is -0.493 e. The van der Waals surface area contributed by atoms with Crippen LogP contribution in [0.4, 0.5) is 0 Å². The van der Waals surface area contributed by atoms with Crippen molar-refractivity contribution in [2.45, 2.75) is 33.0 Å². The zero-order valence-electron chi connectivity index (χ0n) is 12.1. The number of nitrogens with zero attached hydrogens (tertiary/aromatic N) is 2. The van der Waals surface area contributed by atoms with Crippen molar-refractivity contribution in [2.24, 2.45) is 0 Å². The summed E-state index contributed by atoms with van der Waals surface area (Å²) in [4.78, 5) is 4.24. The topological polar surface area (TPSA) is 77.6 Å². The zero-order chi connectivity index (χ0) is 15.4. The largest absolute Gasteiger partial charge is 0.493 e. The van der Waals surface area contributed by atoms with E-state index in [0.717, 1.165) is 5.56 Å². The molecule has 1 aromatic carbocycles. The van der Waals surface area contributed by atoms with E-state index in [0.29, 0.717) is 27.7 Å². The summed E-state index contributed by atoms with van der Waals surface area (Å²) in [7, 11) is 1.54. The fraction of sp³-hybridized carbons (Fsp3) is 0.429. The third-order valence-electron chi connectivity index (χ3n) is 2.80. The fourth-order valence-corrected chi connectivity index (χ4v) is 2.31. The van der Waals surface area contributed by atoms with Crippen LogP contribution >= 0.6 is 15.9 Å². The molecule has 2 aromatic rings. The maximum atomic E-state index is 9.19. The van der Waals surface area contributed by atoms with Crippen molar-refractivity contribution in [3.8, 4) is 11.5 Å². The SMILES string of the molecule is COc1cc(CO)cc(Br)c1OCc1noc(C(C)C)n1. The Labute approximate surface area is 131 Å². The molecule has 114 valence electrons. The average molecular weight is 357 g/mol. The number of aromatic nitrogens is 2. The van der Waals surface area contributed by atoms with Crippen molar-refractivity contribution < 1.29 is 19.1 Å². The number of benzene rings is 1. The lowest BCUT2D eigenvalue weighted by atomic mass is 10.2. The van der Waals surface area contributed by atoms with Crippen molar-refractivity contribution in [3.63, 3.8) is 0 Å². The maximum Gasteiger partial charge on any atom is 0.229 e. The fourth-order valence-electron chi connectivity index (χ4n) is 1.70. The molecule has 7 heteroatoms. The summed E-state index contributed by atoms with van der Waals surface area (Å²) in [5.74, 6) is 2.29. The Hall–Kier alpha value is -1.60. The molecule has 0 bridgehead atoms. The van der Waals surface area contributed by atoms with Crippen LogP contribution in [-0.4, -0.2) is 22.4 Å². The van der Waals surface area contributed by atoms with Gasteiger partial charge in [-0.1, -0.05) is 19.0 Å². The first-order valence-electron chi connectivity index (χ1n) is 6.47. The van der Waals surface area contributed by atoms with Gasteiger partial charge in [0.15, 0.2) is 18.1 Å². The van der Waals surface area contributed by atoms with Gasteiger partial charge in [-0.25, -0.2) is 0 Å².